The monoisotopic (exact) mass is 282 g/mol. The van der Waals surface area contributed by atoms with E-state index in [2.05, 4.69) is 19.2 Å². The summed E-state index contributed by atoms with van der Waals surface area (Å²) in [7, 11) is 0. The molecule has 1 atom stereocenters. The smallest absolute Gasteiger partial charge is 0.236 e. The van der Waals surface area contributed by atoms with Gasteiger partial charge < -0.3 is 10.2 Å². The van der Waals surface area contributed by atoms with Crippen LogP contribution in [0.1, 0.15) is 32.8 Å². The third-order valence-corrected chi connectivity index (χ3v) is 3.64. The number of rotatable bonds is 7. The number of carbonyl (C=O) groups excluding carboxylic acids is 1. The maximum absolute atomic E-state index is 12.1. The Balaban J connectivity index is 2.58. The van der Waals surface area contributed by atoms with E-state index < -0.39 is 0 Å². The quantitative estimate of drug-likeness (QED) is 0.834. The summed E-state index contributed by atoms with van der Waals surface area (Å²) >= 11 is 6.13. The molecule has 1 N–H and O–H groups in total. The molecule has 1 rings (SSSR count). The van der Waals surface area contributed by atoms with Crippen molar-refractivity contribution in [2.45, 2.75) is 39.8 Å². The minimum Gasteiger partial charge on any atom is -0.337 e. The van der Waals surface area contributed by atoms with Crippen LogP contribution in [0, 0.1) is 0 Å². The lowest BCUT2D eigenvalue weighted by Crippen LogP contribution is -2.40. The van der Waals surface area contributed by atoms with E-state index in [1.54, 1.807) is 0 Å². The van der Waals surface area contributed by atoms with Crippen LogP contribution < -0.4 is 5.32 Å². The molecule has 0 saturated heterocycles. The van der Waals surface area contributed by atoms with Crippen LogP contribution in [0.5, 0.6) is 0 Å². The fourth-order valence-corrected chi connectivity index (χ4v) is 1.92. The minimum absolute atomic E-state index is 0.114. The van der Waals surface area contributed by atoms with E-state index in [9.17, 15) is 4.79 Å². The van der Waals surface area contributed by atoms with Crippen molar-refractivity contribution < 1.29 is 4.79 Å². The SMILES string of the molecule is CCC(C)NCC(=O)N(CC)Cc1ccccc1Cl. The van der Waals surface area contributed by atoms with Crippen molar-refractivity contribution in [3.8, 4) is 0 Å². The molecule has 0 bridgehead atoms. The van der Waals surface area contributed by atoms with Crippen LogP contribution in [0.2, 0.25) is 5.02 Å². The third kappa shape index (κ3) is 5.21. The molecule has 0 aromatic heterocycles. The van der Waals surface area contributed by atoms with E-state index in [1.807, 2.05) is 36.1 Å². The second-order valence-electron chi connectivity index (χ2n) is 4.69. The van der Waals surface area contributed by atoms with Gasteiger partial charge in [0.05, 0.1) is 6.54 Å². The van der Waals surface area contributed by atoms with Crippen molar-refractivity contribution in [1.29, 1.82) is 0 Å². The molecular formula is C15H23ClN2O. The number of carbonyl (C=O) groups is 1. The average Bonchev–Trinajstić information content (AvgIpc) is 2.43. The molecule has 1 aromatic carbocycles. The Hall–Kier alpha value is -1.06. The van der Waals surface area contributed by atoms with Crippen LogP contribution in [-0.2, 0) is 11.3 Å². The standard InChI is InChI=1S/C15H23ClN2O/c1-4-12(3)17-10-15(19)18(5-2)11-13-8-6-7-9-14(13)16/h6-9,12,17H,4-5,10-11H2,1-3H3. The van der Waals surface area contributed by atoms with Gasteiger partial charge in [-0.15, -0.1) is 0 Å². The molecule has 0 aliphatic heterocycles. The van der Waals surface area contributed by atoms with Crippen molar-refractivity contribution in [2.24, 2.45) is 0 Å². The van der Waals surface area contributed by atoms with Crippen LogP contribution in [0.3, 0.4) is 0 Å². The number of hydrogen-bond acceptors (Lipinski definition) is 2. The molecule has 1 aromatic rings. The van der Waals surface area contributed by atoms with Gasteiger partial charge in [-0.25, -0.2) is 0 Å². The Morgan fingerprint density at radius 1 is 1.37 bits per heavy atom. The lowest BCUT2D eigenvalue weighted by atomic mass is 10.2. The highest BCUT2D eigenvalue weighted by Crippen LogP contribution is 2.16. The molecule has 4 heteroatoms. The van der Waals surface area contributed by atoms with Crippen molar-refractivity contribution in [3.05, 3.63) is 34.9 Å². The highest BCUT2D eigenvalue weighted by Gasteiger charge is 2.13. The molecule has 0 fully saturated rings. The van der Waals surface area contributed by atoms with Crippen molar-refractivity contribution in [2.75, 3.05) is 13.1 Å². The molecule has 1 unspecified atom stereocenters. The van der Waals surface area contributed by atoms with Gasteiger partial charge in [0.2, 0.25) is 5.91 Å². The topological polar surface area (TPSA) is 32.3 Å². The Labute approximate surface area is 120 Å². The van der Waals surface area contributed by atoms with Gasteiger partial charge in [0.1, 0.15) is 0 Å². The van der Waals surface area contributed by atoms with Crippen molar-refractivity contribution >= 4 is 17.5 Å². The van der Waals surface area contributed by atoms with Crippen LogP contribution >= 0.6 is 11.6 Å². The fourth-order valence-electron chi connectivity index (χ4n) is 1.73. The minimum atomic E-state index is 0.114. The van der Waals surface area contributed by atoms with Gasteiger partial charge in [-0.2, -0.15) is 0 Å². The third-order valence-electron chi connectivity index (χ3n) is 3.27. The molecule has 0 heterocycles. The predicted molar refractivity (Wildman–Crippen MR) is 80.3 cm³/mol. The van der Waals surface area contributed by atoms with E-state index in [-0.39, 0.29) is 5.91 Å². The Kier molecular flexibility index (Phi) is 6.89. The highest BCUT2D eigenvalue weighted by atomic mass is 35.5. The summed E-state index contributed by atoms with van der Waals surface area (Å²) in [4.78, 5) is 13.9. The van der Waals surface area contributed by atoms with Crippen molar-refractivity contribution in [1.82, 2.24) is 10.2 Å². The van der Waals surface area contributed by atoms with Gasteiger partial charge in [0.15, 0.2) is 0 Å². The Morgan fingerprint density at radius 2 is 2.05 bits per heavy atom. The number of benzene rings is 1. The number of likely N-dealkylation sites (N-methyl/N-ethyl adjacent to an activating group) is 1. The second kappa shape index (κ2) is 8.18. The molecule has 3 nitrogen and oxygen atoms in total. The fraction of sp³-hybridized carbons (Fsp3) is 0.533. The molecule has 0 saturated carbocycles. The van der Waals surface area contributed by atoms with Gasteiger partial charge in [-0.1, -0.05) is 36.7 Å². The molecule has 19 heavy (non-hydrogen) atoms. The summed E-state index contributed by atoms with van der Waals surface area (Å²) in [5, 5.41) is 3.93. The summed E-state index contributed by atoms with van der Waals surface area (Å²) in [6.07, 6.45) is 1.02. The first-order valence-corrected chi connectivity index (χ1v) is 7.20. The first kappa shape index (κ1) is 16.0. The number of nitrogens with zero attached hydrogens (tertiary/aromatic N) is 1. The largest absolute Gasteiger partial charge is 0.337 e. The van der Waals surface area contributed by atoms with E-state index in [0.29, 0.717) is 30.7 Å². The number of halogens is 1. The number of hydrogen-bond donors (Lipinski definition) is 1. The molecule has 0 aliphatic carbocycles. The Morgan fingerprint density at radius 3 is 2.63 bits per heavy atom. The van der Waals surface area contributed by atoms with Gasteiger partial charge in [0.25, 0.3) is 0 Å². The van der Waals surface area contributed by atoms with E-state index >= 15 is 0 Å². The first-order chi connectivity index (χ1) is 9.08. The summed E-state index contributed by atoms with van der Waals surface area (Å²) in [5.41, 5.74) is 0.989. The highest BCUT2D eigenvalue weighted by molar-refractivity contribution is 6.31. The normalized spacial score (nSPS) is 12.2. The van der Waals surface area contributed by atoms with E-state index in [0.717, 1.165) is 12.0 Å². The molecular weight excluding hydrogens is 260 g/mol. The summed E-state index contributed by atoms with van der Waals surface area (Å²) in [6.45, 7) is 7.80. The predicted octanol–water partition coefficient (Wildman–Crippen LogP) is 3.08. The summed E-state index contributed by atoms with van der Waals surface area (Å²) in [5.74, 6) is 0.114. The number of amides is 1. The lowest BCUT2D eigenvalue weighted by molar-refractivity contribution is -0.130. The van der Waals surface area contributed by atoms with E-state index in [4.69, 9.17) is 11.6 Å². The van der Waals surface area contributed by atoms with Gasteiger partial charge in [-0.05, 0) is 31.9 Å². The van der Waals surface area contributed by atoms with Gasteiger partial charge in [0, 0.05) is 24.2 Å². The molecule has 0 aliphatic rings. The maximum Gasteiger partial charge on any atom is 0.236 e. The zero-order valence-electron chi connectivity index (χ0n) is 11.9. The Bertz CT molecular complexity index is 409. The lowest BCUT2D eigenvalue weighted by Gasteiger charge is -2.22. The summed E-state index contributed by atoms with van der Waals surface area (Å²) < 4.78 is 0. The molecule has 106 valence electrons. The van der Waals surface area contributed by atoms with Crippen LogP contribution in [0.4, 0.5) is 0 Å². The second-order valence-corrected chi connectivity index (χ2v) is 5.10. The van der Waals surface area contributed by atoms with Crippen LogP contribution in [0.15, 0.2) is 24.3 Å². The van der Waals surface area contributed by atoms with Gasteiger partial charge in [-0.3, -0.25) is 4.79 Å². The summed E-state index contributed by atoms with van der Waals surface area (Å²) in [6, 6.07) is 8.01. The molecule has 0 spiro atoms. The van der Waals surface area contributed by atoms with E-state index in [1.165, 1.54) is 0 Å². The zero-order chi connectivity index (χ0) is 14.3. The van der Waals surface area contributed by atoms with Gasteiger partial charge >= 0.3 is 0 Å². The van der Waals surface area contributed by atoms with Crippen LogP contribution in [0.25, 0.3) is 0 Å². The molecule has 0 radical (unpaired) electrons. The zero-order valence-corrected chi connectivity index (χ0v) is 12.7. The van der Waals surface area contributed by atoms with Crippen LogP contribution in [-0.4, -0.2) is 29.9 Å². The number of nitrogens with one attached hydrogen (secondary N) is 1. The molecule has 1 amide bonds. The van der Waals surface area contributed by atoms with Crippen molar-refractivity contribution in [3.63, 3.8) is 0 Å². The average molecular weight is 283 g/mol. The maximum atomic E-state index is 12.1. The first-order valence-electron chi connectivity index (χ1n) is 6.83.